The minimum Gasteiger partial charge on any atom is -0.406 e. The van der Waals surface area contributed by atoms with E-state index in [-0.39, 0.29) is 30.8 Å². The first-order valence-electron chi connectivity index (χ1n) is 10.6. The van der Waals surface area contributed by atoms with E-state index in [4.69, 9.17) is 4.43 Å². The molecule has 170 valence electrons. The Labute approximate surface area is 186 Å². The van der Waals surface area contributed by atoms with Crippen LogP contribution in [0.3, 0.4) is 0 Å². The van der Waals surface area contributed by atoms with E-state index >= 15 is 0 Å². The van der Waals surface area contributed by atoms with E-state index in [1.54, 1.807) is 0 Å². The molecule has 32 heavy (non-hydrogen) atoms. The van der Waals surface area contributed by atoms with Crippen molar-refractivity contribution in [1.29, 1.82) is 0 Å². The standard InChI is InChI=1S/C23H27F3N4OSi/c1-22(2,3)32(18-10-6-4-7-11-18,19-12-8-5-9-13-19)31-16-17-15-30-20(14-27-17)28-29-21(30)23(24,25)26/h4-13,17,27H,14-16H2,1-3H3. The molecule has 5 nitrogen and oxygen atoms in total. The molecule has 0 amide bonds. The van der Waals surface area contributed by atoms with Crippen molar-refractivity contribution in [3.63, 3.8) is 0 Å². The second-order valence-corrected chi connectivity index (χ2v) is 13.4. The number of hydrogen-bond acceptors (Lipinski definition) is 4. The van der Waals surface area contributed by atoms with Crippen LogP contribution in [0.4, 0.5) is 13.2 Å². The Morgan fingerprint density at radius 2 is 1.53 bits per heavy atom. The van der Waals surface area contributed by atoms with Crippen LogP contribution >= 0.6 is 0 Å². The van der Waals surface area contributed by atoms with E-state index in [1.165, 1.54) is 0 Å². The highest BCUT2D eigenvalue weighted by atomic mass is 28.4. The SMILES string of the molecule is CC(C)(C)[Si](OCC1Cn2c(nnc2C(F)(F)F)CN1)(c1ccccc1)c1ccccc1. The molecule has 2 aromatic carbocycles. The predicted octanol–water partition coefficient (Wildman–Crippen LogP) is 3.35. The molecule has 0 bridgehead atoms. The van der Waals surface area contributed by atoms with Gasteiger partial charge >= 0.3 is 6.18 Å². The molecule has 4 rings (SSSR count). The van der Waals surface area contributed by atoms with Gasteiger partial charge in [0.05, 0.1) is 13.2 Å². The van der Waals surface area contributed by atoms with Gasteiger partial charge in [-0.05, 0) is 15.4 Å². The number of benzene rings is 2. The Kier molecular flexibility index (Phi) is 6.00. The van der Waals surface area contributed by atoms with Crippen molar-refractivity contribution in [2.45, 2.75) is 51.1 Å². The summed E-state index contributed by atoms with van der Waals surface area (Å²) in [6.45, 7) is 7.13. The van der Waals surface area contributed by atoms with Crippen LogP contribution in [0.2, 0.25) is 5.04 Å². The number of fused-ring (bicyclic) bond motifs is 1. The molecule has 1 N–H and O–H groups in total. The third-order valence-corrected chi connectivity index (χ3v) is 11.0. The third kappa shape index (κ3) is 4.12. The summed E-state index contributed by atoms with van der Waals surface area (Å²) in [7, 11) is -2.76. The molecule has 0 fully saturated rings. The van der Waals surface area contributed by atoms with Crippen LogP contribution in [0.25, 0.3) is 0 Å². The lowest BCUT2D eigenvalue weighted by Crippen LogP contribution is -2.67. The number of aromatic nitrogens is 3. The molecule has 0 aliphatic carbocycles. The fourth-order valence-corrected chi connectivity index (χ4v) is 9.09. The first-order valence-corrected chi connectivity index (χ1v) is 12.5. The molecular weight excluding hydrogens is 433 g/mol. The van der Waals surface area contributed by atoms with Crippen LogP contribution in [0.1, 0.15) is 32.4 Å². The van der Waals surface area contributed by atoms with Crippen molar-refractivity contribution >= 4 is 18.7 Å². The first-order chi connectivity index (χ1) is 15.1. The van der Waals surface area contributed by atoms with Gasteiger partial charge in [0, 0.05) is 12.6 Å². The Morgan fingerprint density at radius 3 is 2.03 bits per heavy atom. The highest BCUT2D eigenvalue weighted by molar-refractivity contribution is 6.99. The van der Waals surface area contributed by atoms with Gasteiger partial charge in [0.25, 0.3) is 8.32 Å². The number of rotatable bonds is 5. The van der Waals surface area contributed by atoms with E-state index in [0.29, 0.717) is 5.82 Å². The Bertz CT molecular complexity index is 1010. The van der Waals surface area contributed by atoms with Crippen LogP contribution in [-0.4, -0.2) is 35.7 Å². The lowest BCUT2D eigenvalue weighted by molar-refractivity contribution is -0.148. The molecule has 9 heteroatoms. The maximum Gasteiger partial charge on any atom is 0.451 e. The summed E-state index contributed by atoms with van der Waals surface area (Å²) in [5.74, 6) is -0.663. The number of hydrogen-bond donors (Lipinski definition) is 1. The molecule has 3 aromatic rings. The molecule has 1 aromatic heterocycles. The Hall–Kier alpha value is -2.49. The molecule has 0 saturated heterocycles. The van der Waals surface area contributed by atoms with Gasteiger partial charge in [0.15, 0.2) is 0 Å². The van der Waals surface area contributed by atoms with Crippen LogP contribution in [-0.2, 0) is 23.7 Å². The second kappa shape index (κ2) is 8.46. The van der Waals surface area contributed by atoms with Gasteiger partial charge in [-0.2, -0.15) is 13.2 Å². The van der Waals surface area contributed by atoms with Crippen molar-refractivity contribution in [2.24, 2.45) is 0 Å². The van der Waals surface area contributed by atoms with Crippen molar-refractivity contribution in [1.82, 2.24) is 20.1 Å². The number of nitrogens with zero attached hydrogens (tertiary/aromatic N) is 3. The lowest BCUT2D eigenvalue weighted by Gasteiger charge is -2.44. The van der Waals surface area contributed by atoms with Crippen LogP contribution in [0, 0.1) is 0 Å². The summed E-state index contributed by atoms with van der Waals surface area (Å²) in [5, 5.41) is 12.4. The molecule has 1 aliphatic heterocycles. The predicted molar refractivity (Wildman–Crippen MR) is 119 cm³/mol. The summed E-state index contributed by atoms with van der Waals surface area (Å²) < 4.78 is 48.1. The summed E-state index contributed by atoms with van der Waals surface area (Å²) in [6, 6.07) is 20.1. The molecule has 2 heterocycles. The first kappa shape index (κ1) is 22.7. The van der Waals surface area contributed by atoms with Crippen molar-refractivity contribution in [3.8, 4) is 0 Å². The van der Waals surface area contributed by atoms with Gasteiger partial charge in [-0.15, -0.1) is 10.2 Å². The van der Waals surface area contributed by atoms with Gasteiger partial charge in [0.2, 0.25) is 5.82 Å². The lowest BCUT2D eigenvalue weighted by atomic mass is 10.2. The average Bonchev–Trinajstić information content (AvgIpc) is 3.19. The second-order valence-electron chi connectivity index (χ2n) is 9.10. The van der Waals surface area contributed by atoms with E-state index in [1.807, 2.05) is 36.4 Å². The van der Waals surface area contributed by atoms with Crippen LogP contribution in [0.15, 0.2) is 60.7 Å². The molecule has 1 aliphatic rings. The fourth-order valence-electron chi connectivity index (χ4n) is 4.49. The molecule has 1 atom stereocenters. The molecular formula is C23H27F3N4OSi. The molecule has 0 saturated carbocycles. The summed E-state index contributed by atoms with van der Waals surface area (Å²) in [4.78, 5) is 0. The summed E-state index contributed by atoms with van der Waals surface area (Å²) in [6.07, 6.45) is -4.54. The number of alkyl halides is 3. The monoisotopic (exact) mass is 460 g/mol. The minimum atomic E-state index is -4.54. The zero-order valence-corrected chi connectivity index (χ0v) is 19.4. The van der Waals surface area contributed by atoms with E-state index in [0.717, 1.165) is 14.9 Å². The summed E-state index contributed by atoms with van der Waals surface area (Å²) >= 11 is 0. The molecule has 1 unspecified atom stereocenters. The van der Waals surface area contributed by atoms with Crippen LogP contribution in [0.5, 0.6) is 0 Å². The minimum absolute atomic E-state index is 0.107. The van der Waals surface area contributed by atoms with Gasteiger partial charge < -0.3 is 14.3 Å². The van der Waals surface area contributed by atoms with Gasteiger partial charge in [-0.3, -0.25) is 0 Å². The smallest absolute Gasteiger partial charge is 0.406 e. The highest BCUT2D eigenvalue weighted by Gasteiger charge is 2.50. The maximum absolute atomic E-state index is 13.3. The topological polar surface area (TPSA) is 52.0 Å². The highest BCUT2D eigenvalue weighted by Crippen LogP contribution is 2.37. The zero-order valence-electron chi connectivity index (χ0n) is 18.4. The van der Waals surface area contributed by atoms with Gasteiger partial charge in [0.1, 0.15) is 5.82 Å². The number of halogens is 3. The summed E-state index contributed by atoms with van der Waals surface area (Å²) in [5.41, 5.74) is 0. The normalized spacial score (nSPS) is 17.2. The maximum atomic E-state index is 13.3. The fraction of sp³-hybridized carbons (Fsp3) is 0.391. The average molecular weight is 461 g/mol. The van der Waals surface area contributed by atoms with Gasteiger partial charge in [-0.1, -0.05) is 81.4 Å². The molecule has 0 radical (unpaired) electrons. The van der Waals surface area contributed by atoms with E-state index in [9.17, 15) is 13.2 Å². The van der Waals surface area contributed by atoms with E-state index in [2.05, 4.69) is 60.6 Å². The van der Waals surface area contributed by atoms with Gasteiger partial charge in [-0.25, -0.2) is 0 Å². The van der Waals surface area contributed by atoms with Crippen molar-refractivity contribution in [2.75, 3.05) is 6.61 Å². The quantitative estimate of drug-likeness (QED) is 0.594. The van der Waals surface area contributed by atoms with Crippen molar-refractivity contribution < 1.29 is 17.6 Å². The third-order valence-electron chi connectivity index (χ3n) is 5.95. The largest absolute Gasteiger partial charge is 0.451 e. The Balaban J connectivity index is 1.67. The Morgan fingerprint density at radius 1 is 0.969 bits per heavy atom. The van der Waals surface area contributed by atoms with Crippen LogP contribution < -0.4 is 15.7 Å². The zero-order chi connectivity index (χ0) is 23.0. The number of nitrogens with one attached hydrogen (secondary N) is 1. The van der Waals surface area contributed by atoms with Crippen molar-refractivity contribution in [3.05, 3.63) is 72.3 Å². The molecule has 0 spiro atoms. The van der Waals surface area contributed by atoms with E-state index < -0.39 is 20.3 Å².